The molecule has 22 heavy (non-hydrogen) atoms. The fourth-order valence-electron chi connectivity index (χ4n) is 1.76. The zero-order valence-electron chi connectivity index (χ0n) is 11.9. The van der Waals surface area contributed by atoms with Crippen LogP contribution >= 0.6 is 11.3 Å². The molecule has 2 aromatic rings. The largest absolute Gasteiger partial charge is 0.350 e. The lowest BCUT2D eigenvalue weighted by Gasteiger charge is -2.05. The van der Waals surface area contributed by atoms with Crippen molar-refractivity contribution in [1.82, 2.24) is 5.32 Å². The lowest BCUT2D eigenvalue weighted by molar-refractivity contribution is -0.118. The van der Waals surface area contributed by atoms with Gasteiger partial charge in [0.25, 0.3) is 0 Å². The molecular weight excluding hydrogens is 328 g/mol. The molecule has 1 unspecified atom stereocenters. The van der Waals surface area contributed by atoms with E-state index in [0.29, 0.717) is 6.54 Å². The monoisotopic (exact) mass is 343 g/mol. The van der Waals surface area contributed by atoms with Crippen molar-refractivity contribution in [1.29, 1.82) is 0 Å². The van der Waals surface area contributed by atoms with Gasteiger partial charge in [0.05, 0.1) is 17.3 Å². The maximum atomic E-state index is 13.1. The molecule has 1 amide bonds. The standard InChI is InChI=1S/C15H15F2NO2S2/c1-2-10-3-4-11(21-10)8-18-15(19)9-22(20)12-5-6-13(16)14(17)7-12/h3-7H,2,8-9H2,1H3,(H,18,19). The van der Waals surface area contributed by atoms with Crippen LogP contribution < -0.4 is 5.32 Å². The van der Waals surface area contributed by atoms with Crippen molar-refractivity contribution in [2.45, 2.75) is 24.8 Å². The average molecular weight is 343 g/mol. The van der Waals surface area contributed by atoms with Gasteiger partial charge in [-0.1, -0.05) is 6.92 Å². The summed E-state index contributed by atoms with van der Waals surface area (Å²) in [5.74, 6) is -2.75. The van der Waals surface area contributed by atoms with E-state index in [0.717, 1.165) is 23.4 Å². The number of carbonyl (C=O) groups is 1. The van der Waals surface area contributed by atoms with Gasteiger partial charge in [0.1, 0.15) is 5.75 Å². The van der Waals surface area contributed by atoms with Gasteiger partial charge in [0, 0.05) is 14.6 Å². The molecule has 1 heterocycles. The summed E-state index contributed by atoms with van der Waals surface area (Å²) in [6, 6.07) is 6.92. The number of hydrogen-bond donors (Lipinski definition) is 1. The van der Waals surface area contributed by atoms with Crippen LogP contribution in [0.5, 0.6) is 0 Å². The molecule has 1 N–H and O–H groups in total. The van der Waals surface area contributed by atoms with Crippen LogP contribution in [0.15, 0.2) is 35.2 Å². The molecule has 3 nitrogen and oxygen atoms in total. The molecule has 0 aliphatic rings. The molecule has 0 radical (unpaired) electrons. The van der Waals surface area contributed by atoms with Crippen molar-refractivity contribution in [2.75, 3.05) is 5.75 Å². The number of rotatable bonds is 6. The zero-order chi connectivity index (χ0) is 16.1. The van der Waals surface area contributed by atoms with Crippen molar-refractivity contribution < 1.29 is 17.8 Å². The highest BCUT2D eigenvalue weighted by molar-refractivity contribution is 7.85. The number of thiophene rings is 1. The predicted molar refractivity (Wildman–Crippen MR) is 83.2 cm³/mol. The third-order valence-corrected chi connectivity index (χ3v) is 5.48. The fraction of sp³-hybridized carbons (Fsp3) is 0.267. The fourth-order valence-corrected chi connectivity index (χ4v) is 3.62. The second-order valence-corrected chi connectivity index (χ2v) is 7.27. The number of hydrogen-bond acceptors (Lipinski definition) is 3. The summed E-state index contributed by atoms with van der Waals surface area (Å²) in [6.07, 6.45) is 0.943. The Hall–Kier alpha value is -1.60. The molecule has 1 atom stereocenters. The Balaban J connectivity index is 1.88. The van der Waals surface area contributed by atoms with Gasteiger partial charge in [0.2, 0.25) is 5.91 Å². The van der Waals surface area contributed by atoms with E-state index in [1.54, 1.807) is 11.3 Å². The van der Waals surface area contributed by atoms with E-state index in [-0.39, 0.29) is 10.6 Å². The first-order valence-electron chi connectivity index (χ1n) is 6.67. The highest BCUT2D eigenvalue weighted by Gasteiger charge is 2.13. The van der Waals surface area contributed by atoms with Crippen LogP contribution in [0, 0.1) is 11.6 Å². The number of nitrogens with one attached hydrogen (secondary N) is 1. The van der Waals surface area contributed by atoms with E-state index in [2.05, 4.69) is 12.2 Å². The van der Waals surface area contributed by atoms with Crippen LogP contribution in [0.3, 0.4) is 0 Å². The first kappa shape index (κ1) is 16.8. The number of benzene rings is 1. The van der Waals surface area contributed by atoms with Crippen molar-refractivity contribution in [3.63, 3.8) is 0 Å². The van der Waals surface area contributed by atoms with Crippen LogP contribution in [-0.2, 0) is 28.6 Å². The molecule has 0 aliphatic carbocycles. The Morgan fingerprint density at radius 1 is 1.18 bits per heavy atom. The van der Waals surface area contributed by atoms with E-state index >= 15 is 0 Å². The van der Waals surface area contributed by atoms with E-state index < -0.39 is 28.3 Å². The number of amides is 1. The summed E-state index contributed by atoms with van der Waals surface area (Å²) in [7, 11) is -1.70. The van der Waals surface area contributed by atoms with Gasteiger partial charge in [-0.25, -0.2) is 8.78 Å². The topological polar surface area (TPSA) is 46.2 Å². The number of halogens is 2. The van der Waals surface area contributed by atoms with Gasteiger partial charge in [-0.15, -0.1) is 11.3 Å². The minimum absolute atomic E-state index is 0.0958. The van der Waals surface area contributed by atoms with E-state index in [1.165, 1.54) is 10.9 Å². The first-order chi connectivity index (χ1) is 10.5. The smallest absolute Gasteiger partial charge is 0.233 e. The number of carbonyl (C=O) groups excluding carboxylic acids is 1. The summed E-state index contributed by atoms with van der Waals surface area (Å²) < 4.78 is 37.8. The quantitative estimate of drug-likeness (QED) is 0.876. The van der Waals surface area contributed by atoms with Gasteiger partial charge in [0.15, 0.2) is 11.6 Å². The SMILES string of the molecule is CCc1ccc(CNC(=O)CS(=O)c2ccc(F)c(F)c2)s1. The van der Waals surface area contributed by atoms with Gasteiger partial charge in [-0.3, -0.25) is 9.00 Å². The highest BCUT2D eigenvalue weighted by atomic mass is 32.2. The molecule has 7 heteroatoms. The molecule has 0 bridgehead atoms. The average Bonchev–Trinajstić information content (AvgIpc) is 2.96. The van der Waals surface area contributed by atoms with Crippen molar-refractivity contribution >= 4 is 28.0 Å². The molecular formula is C15H15F2NO2S2. The molecule has 0 saturated carbocycles. The first-order valence-corrected chi connectivity index (χ1v) is 8.81. The van der Waals surface area contributed by atoms with E-state index in [9.17, 15) is 17.8 Å². The molecule has 1 aromatic heterocycles. The summed E-state index contributed by atoms with van der Waals surface area (Å²) in [6.45, 7) is 2.43. The molecule has 118 valence electrons. The third kappa shape index (κ3) is 4.45. The van der Waals surface area contributed by atoms with Crippen LogP contribution in [0.25, 0.3) is 0 Å². The summed E-state index contributed by atoms with van der Waals surface area (Å²) >= 11 is 1.61. The van der Waals surface area contributed by atoms with Gasteiger partial charge >= 0.3 is 0 Å². The Morgan fingerprint density at radius 3 is 2.55 bits per heavy atom. The van der Waals surface area contributed by atoms with Crippen molar-refractivity contribution in [3.8, 4) is 0 Å². The Kier molecular flexibility index (Phi) is 5.79. The molecule has 0 spiro atoms. The van der Waals surface area contributed by atoms with E-state index in [1.807, 2.05) is 12.1 Å². The van der Waals surface area contributed by atoms with Gasteiger partial charge in [-0.05, 0) is 36.8 Å². The minimum atomic E-state index is -1.70. The third-order valence-electron chi connectivity index (χ3n) is 2.94. The van der Waals surface area contributed by atoms with Crippen LogP contribution in [-0.4, -0.2) is 15.9 Å². The number of aryl methyl sites for hydroxylation is 1. The van der Waals surface area contributed by atoms with Crippen LogP contribution in [0.4, 0.5) is 8.78 Å². The lowest BCUT2D eigenvalue weighted by atomic mass is 10.3. The second-order valence-electron chi connectivity index (χ2n) is 4.56. The highest BCUT2D eigenvalue weighted by Crippen LogP contribution is 2.16. The molecule has 0 saturated heterocycles. The van der Waals surface area contributed by atoms with E-state index in [4.69, 9.17) is 0 Å². The van der Waals surface area contributed by atoms with Crippen LogP contribution in [0.2, 0.25) is 0 Å². The zero-order valence-corrected chi connectivity index (χ0v) is 13.5. The Morgan fingerprint density at radius 2 is 1.91 bits per heavy atom. The Bertz CT molecular complexity index is 701. The molecule has 2 rings (SSSR count). The summed E-state index contributed by atoms with van der Waals surface area (Å²) in [5.41, 5.74) is 0. The van der Waals surface area contributed by atoms with Crippen molar-refractivity contribution in [3.05, 3.63) is 51.7 Å². The van der Waals surface area contributed by atoms with Gasteiger partial charge in [-0.2, -0.15) is 0 Å². The maximum absolute atomic E-state index is 13.1. The van der Waals surface area contributed by atoms with Gasteiger partial charge < -0.3 is 5.32 Å². The second kappa shape index (κ2) is 7.60. The molecule has 0 aliphatic heterocycles. The lowest BCUT2D eigenvalue weighted by Crippen LogP contribution is -2.27. The summed E-state index contributed by atoms with van der Waals surface area (Å²) in [5, 5.41) is 2.67. The minimum Gasteiger partial charge on any atom is -0.350 e. The summed E-state index contributed by atoms with van der Waals surface area (Å²) in [4.78, 5) is 14.1. The Labute approximate surface area is 133 Å². The van der Waals surface area contributed by atoms with Crippen LogP contribution in [0.1, 0.15) is 16.7 Å². The van der Waals surface area contributed by atoms with Crippen molar-refractivity contribution in [2.24, 2.45) is 0 Å². The molecule has 1 aromatic carbocycles. The normalized spacial score (nSPS) is 12.1. The maximum Gasteiger partial charge on any atom is 0.233 e. The predicted octanol–water partition coefficient (Wildman–Crippen LogP) is 3.01. The molecule has 0 fully saturated rings.